The SMILES string of the molecule is CNc1cc(-c2cnnc(-c3cc(NC(=O)c4ccnc(C(C)(C)C#N)c4)ccc3C)c2)ccn1.O=CO. The summed E-state index contributed by atoms with van der Waals surface area (Å²) in [5, 5.41) is 30.8. The van der Waals surface area contributed by atoms with Crippen molar-refractivity contribution in [3.05, 3.63) is 83.9 Å². The Balaban J connectivity index is 0.00000127. The van der Waals surface area contributed by atoms with Crippen LogP contribution in [0.25, 0.3) is 22.4 Å². The van der Waals surface area contributed by atoms with Gasteiger partial charge in [-0.25, -0.2) is 4.98 Å². The predicted molar refractivity (Wildman–Crippen MR) is 145 cm³/mol. The second-order valence-corrected chi connectivity index (χ2v) is 8.77. The van der Waals surface area contributed by atoms with E-state index in [1.807, 2.05) is 50.4 Å². The van der Waals surface area contributed by atoms with Crippen molar-refractivity contribution in [2.45, 2.75) is 26.2 Å². The molecule has 4 rings (SSSR count). The highest BCUT2D eigenvalue weighted by molar-refractivity contribution is 6.04. The van der Waals surface area contributed by atoms with Crippen LogP contribution in [0.4, 0.5) is 11.5 Å². The molecule has 0 saturated carbocycles. The minimum Gasteiger partial charge on any atom is -0.483 e. The van der Waals surface area contributed by atoms with Gasteiger partial charge in [0.25, 0.3) is 12.4 Å². The molecule has 4 aromatic rings. The molecule has 10 heteroatoms. The van der Waals surface area contributed by atoms with Crippen molar-refractivity contribution >= 4 is 23.9 Å². The number of nitriles is 1. The van der Waals surface area contributed by atoms with Crippen LogP contribution < -0.4 is 10.6 Å². The molecule has 1 amide bonds. The number of carboxylic acid groups (broad SMARTS) is 1. The molecule has 1 aromatic carbocycles. The van der Waals surface area contributed by atoms with Crippen molar-refractivity contribution < 1.29 is 14.7 Å². The van der Waals surface area contributed by atoms with Crippen LogP contribution in [0.3, 0.4) is 0 Å². The van der Waals surface area contributed by atoms with E-state index in [1.54, 1.807) is 44.6 Å². The highest BCUT2D eigenvalue weighted by Gasteiger charge is 2.22. The molecule has 0 aliphatic carbocycles. The van der Waals surface area contributed by atoms with E-state index in [0.29, 0.717) is 22.6 Å². The molecule has 0 atom stereocenters. The third-order valence-electron chi connectivity index (χ3n) is 5.72. The third-order valence-corrected chi connectivity index (χ3v) is 5.72. The van der Waals surface area contributed by atoms with Crippen molar-refractivity contribution in [3.8, 4) is 28.5 Å². The summed E-state index contributed by atoms with van der Waals surface area (Å²) in [6.45, 7) is 5.27. The Kier molecular flexibility index (Phi) is 8.79. The van der Waals surface area contributed by atoms with E-state index in [9.17, 15) is 10.1 Å². The van der Waals surface area contributed by atoms with Crippen molar-refractivity contribution in [1.29, 1.82) is 5.26 Å². The number of carbonyl (C=O) groups excluding carboxylic acids is 1. The van der Waals surface area contributed by atoms with E-state index in [2.05, 4.69) is 36.9 Å². The van der Waals surface area contributed by atoms with Crippen LogP contribution in [0.1, 0.15) is 35.5 Å². The summed E-state index contributed by atoms with van der Waals surface area (Å²) in [5.74, 6) is 0.479. The Morgan fingerprint density at radius 2 is 1.79 bits per heavy atom. The largest absolute Gasteiger partial charge is 0.483 e. The summed E-state index contributed by atoms with van der Waals surface area (Å²) in [6, 6.07) is 17.0. The average Bonchev–Trinajstić information content (AvgIpc) is 2.94. The number of amides is 1. The highest BCUT2D eigenvalue weighted by atomic mass is 16.3. The monoisotopic (exact) mass is 509 g/mol. The first-order valence-corrected chi connectivity index (χ1v) is 11.6. The van der Waals surface area contributed by atoms with Crippen LogP contribution in [-0.2, 0) is 10.2 Å². The summed E-state index contributed by atoms with van der Waals surface area (Å²) in [7, 11) is 1.82. The fourth-order valence-electron chi connectivity index (χ4n) is 3.55. The van der Waals surface area contributed by atoms with Crippen molar-refractivity contribution in [2.24, 2.45) is 0 Å². The van der Waals surface area contributed by atoms with Gasteiger partial charge in [-0.3, -0.25) is 14.6 Å². The molecule has 0 radical (unpaired) electrons. The molecule has 0 unspecified atom stereocenters. The first kappa shape index (κ1) is 27.4. The first-order valence-electron chi connectivity index (χ1n) is 11.6. The molecule has 10 nitrogen and oxygen atoms in total. The lowest BCUT2D eigenvalue weighted by Gasteiger charge is -2.15. The van der Waals surface area contributed by atoms with Crippen molar-refractivity contribution in [1.82, 2.24) is 20.2 Å². The van der Waals surface area contributed by atoms with Gasteiger partial charge in [-0.15, -0.1) is 0 Å². The van der Waals surface area contributed by atoms with Gasteiger partial charge in [-0.1, -0.05) is 6.07 Å². The second kappa shape index (κ2) is 12.2. The van der Waals surface area contributed by atoms with Crippen molar-refractivity contribution in [2.75, 3.05) is 17.7 Å². The molecule has 0 saturated heterocycles. The molecule has 0 spiro atoms. The summed E-state index contributed by atoms with van der Waals surface area (Å²) in [5.41, 5.74) is 5.25. The molecule has 0 fully saturated rings. The van der Waals surface area contributed by atoms with Crippen molar-refractivity contribution in [3.63, 3.8) is 0 Å². The van der Waals surface area contributed by atoms with Gasteiger partial charge in [0.1, 0.15) is 5.82 Å². The molecule has 0 bridgehead atoms. The first-order chi connectivity index (χ1) is 18.2. The Bertz CT molecular complexity index is 1500. The third kappa shape index (κ3) is 6.53. The van der Waals surface area contributed by atoms with Crippen LogP contribution in [0.2, 0.25) is 0 Å². The Morgan fingerprint density at radius 1 is 1.05 bits per heavy atom. The molecule has 0 aliphatic rings. The number of anilines is 2. The molecular weight excluding hydrogens is 482 g/mol. The Hall–Kier alpha value is -5.17. The number of hydrogen-bond donors (Lipinski definition) is 3. The normalized spacial score (nSPS) is 10.4. The zero-order valence-corrected chi connectivity index (χ0v) is 21.4. The van der Waals surface area contributed by atoms with E-state index in [0.717, 1.165) is 28.1 Å². The average molecular weight is 510 g/mol. The van der Waals surface area contributed by atoms with Gasteiger partial charge in [0.15, 0.2) is 0 Å². The van der Waals surface area contributed by atoms with Gasteiger partial charge in [0.2, 0.25) is 0 Å². The number of aromatic nitrogens is 4. The summed E-state index contributed by atoms with van der Waals surface area (Å²) >= 11 is 0. The molecule has 192 valence electrons. The van der Waals surface area contributed by atoms with Gasteiger partial charge in [-0.2, -0.15) is 15.5 Å². The number of pyridine rings is 2. The number of benzene rings is 1. The van der Waals surface area contributed by atoms with Gasteiger partial charge in [0.05, 0.1) is 29.1 Å². The topological polar surface area (TPSA) is 154 Å². The Morgan fingerprint density at radius 3 is 2.50 bits per heavy atom. The van der Waals surface area contributed by atoms with Crippen LogP contribution in [0.5, 0.6) is 0 Å². The number of aryl methyl sites for hydroxylation is 1. The standard InChI is InChI=1S/C27H25N7O.CH2O2/c1-17-5-6-21(33-26(35)19-8-9-30-24(12-19)27(2,3)16-28)14-22(17)23-11-20(15-32-34-23)18-7-10-31-25(13-18)29-4;2-1-3/h5-15H,1-4H3,(H,29,31)(H,33,35);1H,(H,2,3). The molecule has 3 heterocycles. The maximum Gasteiger partial charge on any atom is 0.290 e. The maximum absolute atomic E-state index is 13.0. The van der Waals surface area contributed by atoms with Gasteiger partial charge in [-0.05, 0) is 74.4 Å². The minimum absolute atomic E-state index is 0.250. The molecule has 0 aliphatic heterocycles. The summed E-state index contributed by atoms with van der Waals surface area (Å²) < 4.78 is 0. The van der Waals surface area contributed by atoms with E-state index in [-0.39, 0.29) is 12.4 Å². The minimum atomic E-state index is -0.792. The maximum atomic E-state index is 13.0. The van der Waals surface area contributed by atoms with E-state index < -0.39 is 5.41 Å². The van der Waals surface area contributed by atoms with Gasteiger partial charge in [0, 0.05) is 41.8 Å². The van der Waals surface area contributed by atoms with Crippen LogP contribution >= 0.6 is 0 Å². The number of nitrogens with zero attached hydrogens (tertiary/aromatic N) is 5. The lowest BCUT2D eigenvalue weighted by molar-refractivity contribution is -0.122. The Labute approximate surface area is 220 Å². The lowest BCUT2D eigenvalue weighted by Crippen LogP contribution is -2.18. The zero-order valence-electron chi connectivity index (χ0n) is 21.4. The number of nitrogens with one attached hydrogen (secondary N) is 2. The molecule has 3 N–H and O–H groups in total. The fraction of sp³-hybridized carbons (Fsp3) is 0.179. The van der Waals surface area contributed by atoms with E-state index >= 15 is 0 Å². The van der Waals surface area contributed by atoms with Crippen LogP contribution in [0, 0.1) is 18.3 Å². The summed E-state index contributed by atoms with van der Waals surface area (Å²) in [6.07, 6.45) is 5.00. The predicted octanol–water partition coefficient (Wildman–Crippen LogP) is 4.71. The highest BCUT2D eigenvalue weighted by Crippen LogP contribution is 2.29. The zero-order chi connectivity index (χ0) is 27.7. The second-order valence-electron chi connectivity index (χ2n) is 8.77. The van der Waals surface area contributed by atoms with E-state index in [4.69, 9.17) is 9.90 Å². The summed E-state index contributed by atoms with van der Waals surface area (Å²) in [4.78, 5) is 29.8. The lowest BCUT2D eigenvalue weighted by atomic mass is 9.90. The number of rotatable bonds is 6. The molecule has 38 heavy (non-hydrogen) atoms. The number of carbonyl (C=O) groups is 2. The molecule has 3 aromatic heterocycles. The van der Waals surface area contributed by atoms with Crippen LogP contribution in [0.15, 0.2) is 67.1 Å². The quantitative estimate of drug-likeness (QED) is 0.314. The van der Waals surface area contributed by atoms with Crippen LogP contribution in [-0.4, -0.2) is 44.7 Å². The number of hydrogen-bond acceptors (Lipinski definition) is 8. The van der Waals surface area contributed by atoms with E-state index in [1.165, 1.54) is 0 Å². The molecular formula is C28H27N7O3. The van der Waals surface area contributed by atoms with Gasteiger partial charge < -0.3 is 15.7 Å². The fourth-order valence-corrected chi connectivity index (χ4v) is 3.55. The van der Waals surface area contributed by atoms with Gasteiger partial charge >= 0.3 is 0 Å². The smallest absolute Gasteiger partial charge is 0.290 e.